The van der Waals surface area contributed by atoms with Crippen molar-refractivity contribution < 1.29 is 9.21 Å². The van der Waals surface area contributed by atoms with Gasteiger partial charge in [0.2, 0.25) is 5.91 Å². The number of carbonyl (C=O) groups excluding carboxylic acids is 1. The van der Waals surface area contributed by atoms with Gasteiger partial charge in [-0.05, 0) is 31.4 Å². The van der Waals surface area contributed by atoms with E-state index in [-0.39, 0.29) is 5.91 Å². The summed E-state index contributed by atoms with van der Waals surface area (Å²) in [6, 6.07) is 5.57. The van der Waals surface area contributed by atoms with Gasteiger partial charge in [-0.2, -0.15) is 5.26 Å². The molecule has 3 aromatic heterocycles. The second-order valence-corrected chi connectivity index (χ2v) is 7.50. The molecule has 0 aliphatic heterocycles. The number of nitrogens with one attached hydrogen (secondary N) is 1. The standard InChI is InChI=1S/C16H15N5O2S2/c1-9-12(4-6-23-9)13-19-20-16(21(13)3)25-10(2)14(22)18-15-11(8-17)5-7-24-15/h4-7,10H,1-3H3,(H,18,22)/t10-/m1/s1. The van der Waals surface area contributed by atoms with E-state index in [0.717, 1.165) is 11.3 Å². The molecule has 0 fully saturated rings. The zero-order valence-corrected chi connectivity index (χ0v) is 15.4. The minimum absolute atomic E-state index is 0.187. The first kappa shape index (κ1) is 17.3. The molecule has 25 heavy (non-hydrogen) atoms. The van der Waals surface area contributed by atoms with Crippen molar-refractivity contribution in [1.29, 1.82) is 5.26 Å². The highest BCUT2D eigenvalue weighted by Gasteiger charge is 2.21. The Kier molecular flexibility index (Phi) is 4.92. The van der Waals surface area contributed by atoms with Crippen LogP contribution in [-0.2, 0) is 11.8 Å². The summed E-state index contributed by atoms with van der Waals surface area (Å²) in [7, 11) is 1.85. The molecule has 3 aromatic rings. The van der Waals surface area contributed by atoms with Gasteiger partial charge in [-0.25, -0.2) is 0 Å². The molecular formula is C16H15N5O2S2. The van der Waals surface area contributed by atoms with Crippen molar-refractivity contribution in [3.05, 3.63) is 35.1 Å². The van der Waals surface area contributed by atoms with Gasteiger partial charge in [-0.3, -0.25) is 4.79 Å². The lowest BCUT2D eigenvalue weighted by Crippen LogP contribution is -2.22. The minimum Gasteiger partial charge on any atom is -0.469 e. The van der Waals surface area contributed by atoms with E-state index >= 15 is 0 Å². The van der Waals surface area contributed by atoms with Gasteiger partial charge < -0.3 is 14.3 Å². The molecule has 9 heteroatoms. The second-order valence-electron chi connectivity index (χ2n) is 5.28. The summed E-state index contributed by atoms with van der Waals surface area (Å²) in [6.45, 7) is 3.65. The number of nitriles is 1. The van der Waals surface area contributed by atoms with Crippen LogP contribution >= 0.6 is 23.1 Å². The molecule has 0 aromatic carbocycles. The molecule has 1 N–H and O–H groups in total. The van der Waals surface area contributed by atoms with Crippen LogP contribution in [0, 0.1) is 18.3 Å². The molecule has 0 saturated heterocycles. The molecule has 0 spiro atoms. The lowest BCUT2D eigenvalue weighted by Gasteiger charge is -2.10. The van der Waals surface area contributed by atoms with E-state index in [1.54, 1.807) is 24.6 Å². The van der Waals surface area contributed by atoms with Gasteiger partial charge in [-0.1, -0.05) is 11.8 Å². The SMILES string of the molecule is Cc1occc1-c1nnc(S[C@H](C)C(=O)Nc2sccc2C#N)n1C. The minimum atomic E-state index is -0.394. The van der Waals surface area contributed by atoms with Crippen LogP contribution in [0.25, 0.3) is 11.4 Å². The van der Waals surface area contributed by atoms with Crippen molar-refractivity contribution in [2.24, 2.45) is 7.05 Å². The summed E-state index contributed by atoms with van der Waals surface area (Å²) < 4.78 is 7.14. The third-order valence-corrected chi connectivity index (χ3v) is 5.57. The Balaban J connectivity index is 1.72. The molecule has 3 heterocycles. The van der Waals surface area contributed by atoms with Crippen LogP contribution in [0.15, 0.2) is 33.3 Å². The molecule has 128 valence electrons. The van der Waals surface area contributed by atoms with Crippen LogP contribution in [0.3, 0.4) is 0 Å². The summed E-state index contributed by atoms with van der Waals surface area (Å²) in [5, 5.41) is 22.7. The number of aromatic nitrogens is 3. The van der Waals surface area contributed by atoms with Crippen LogP contribution < -0.4 is 5.32 Å². The third kappa shape index (κ3) is 3.45. The molecule has 7 nitrogen and oxygen atoms in total. The van der Waals surface area contributed by atoms with Gasteiger partial charge >= 0.3 is 0 Å². The number of hydrogen-bond acceptors (Lipinski definition) is 7. The maximum Gasteiger partial charge on any atom is 0.238 e. The highest BCUT2D eigenvalue weighted by Crippen LogP contribution is 2.29. The Hall–Kier alpha value is -2.57. The van der Waals surface area contributed by atoms with E-state index in [2.05, 4.69) is 21.6 Å². The molecule has 0 saturated carbocycles. The quantitative estimate of drug-likeness (QED) is 0.688. The monoisotopic (exact) mass is 373 g/mol. The van der Waals surface area contributed by atoms with E-state index in [9.17, 15) is 4.79 Å². The molecule has 1 amide bonds. The number of nitrogens with zero attached hydrogens (tertiary/aromatic N) is 4. The summed E-state index contributed by atoms with van der Waals surface area (Å²) in [6.07, 6.45) is 1.61. The van der Waals surface area contributed by atoms with E-state index in [0.29, 0.717) is 21.5 Å². The fraction of sp³-hybridized carbons (Fsp3) is 0.250. The third-order valence-electron chi connectivity index (χ3n) is 3.61. The van der Waals surface area contributed by atoms with Gasteiger partial charge in [0.25, 0.3) is 0 Å². The second kappa shape index (κ2) is 7.13. The number of amides is 1. The number of carbonyl (C=O) groups is 1. The first-order valence-corrected chi connectivity index (χ1v) is 9.16. The van der Waals surface area contributed by atoms with E-state index in [4.69, 9.17) is 9.68 Å². The predicted octanol–water partition coefficient (Wildman–Crippen LogP) is 3.44. The summed E-state index contributed by atoms with van der Waals surface area (Å²) in [5.41, 5.74) is 1.34. The van der Waals surface area contributed by atoms with Gasteiger partial charge in [0.15, 0.2) is 11.0 Å². The van der Waals surface area contributed by atoms with Crippen LogP contribution in [0.1, 0.15) is 18.2 Å². The molecule has 0 radical (unpaired) electrons. The highest BCUT2D eigenvalue weighted by atomic mass is 32.2. The maximum atomic E-state index is 12.4. The van der Waals surface area contributed by atoms with Crippen molar-refractivity contribution in [2.45, 2.75) is 24.3 Å². The number of aryl methyl sites for hydroxylation is 1. The number of rotatable bonds is 5. The smallest absolute Gasteiger partial charge is 0.238 e. The van der Waals surface area contributed by atoms with Crippen molar-refractivity contribution in [3.8, 4) is 17.5 Å². The maximum absolute atomic E-state index is 12.4. The fourth-order valence-electron chi connectivity index (χ4n) is 2.19. The number of thiophene rings is 1. The van der Waals surface area contributed by atoms with Gasteiger partial charge in [-0.15, -0.1) is 21.5 Å². The van der Waals surface area contributed by atoms with Crippen molar-refractivity contribution in [3.63, 3.8) is 0 Å². The fourth-order valence-corrected chi connectivity index (χ4v) is 3.74. The van der Waals surface area contributed by atoms with Gasteiger partial charge in [0, 0.05) is 7.05 Å². The number of furan rings is 1. The summed E-state index contributed by atoms with van der Waals surface area (Å²) in [4.78, 5) is 12.4. The Bertz CT molecular complexity index is 950. The van der Waals surface area contributed by atoms with Crippen LogP contribution in [0.5, 0.6) is 0 Å². The lowest BCUT2D eigenvalue weighted by atomic mass is 10.2. The van der Waals surface area contributed by atoms with Gasteiger partial charge in [0.1, 0.15) is 16.8 Å². The average Bonchev–Trinajstić information content (AvgIpc) is 3.29. The van der Waals surface area contributed by atoms with E-state index < -0.39 is 5.25 Å². The first-order chi connectivity index (χ1) is 12.0. The van der Waals surface area contributed by atoms with Crippen LogP contribution in [-0.4, -0.2) is 25.9 Å². The molecule has 1 atom stereocenters. The number of hydrogen-bond donors (Lipinski definition) is 1. The zero-order chi connectivity index (χ0) is 18.0. The molecule has 3 rings (SSSR count). The molecule has 0 aliphatic carbocycles. The predicted molar refractivity (Wildman–Crippen MR) is 96.4 cm³/mol. The molecule has 0 aliphatic rings. The molecular weight excluding hydrogens is 358 g/mol. The molecule has 0 unspecified atom stereocenters. The van der Waals surface area contributed by atoms with Crippen molar-refractivity contribution in [1.82, 2.24) is 14.8 Å². The van der Waals surface area contributed by atoms with E-state index in [1.165, 1.54) is 23.1 Å². The zero-order valence-electron chi connectivity index (χ0n) is 13.8. The average molecular weight is 373 g/mol. The first-order valence-electron chi connectivity index (χ1n) is 7.40. The van der Waals surface area contributed by atoms with Crippen LogP contribution in [0.4, 0.5) is 5.00 Å². The Morgan fingerprint density at radius 2 is 2.28 bits per heavy atom. The normalized spacial score (nSPS) is 11.9. The van der Waals surface area contributed by atoms with Crippen LogP contribution in [0.2, 0.25) is 0 Å². The van der Waals surface area contributed by atoms with Crippen molar-refractivity contribution in [2.75, 3.05) is 5.32 Å². The lowest BCUT2D eigenvalue weighted by molar-refractivity contribution is -0.115. The Labute approximate surface area is 152 Å². The molecule has 0 bridgehead atoms. The van der Waals surface area contributed by atoms with E-state index in [1.807, 2.05) is 24.6 Å². The highest BCUT2D eigenvalue weighted by molar-refractivity contribution is 8.00. The number of thioether (sulfide) groups is 1. The number of anilines is 1. The van der Waals surface area contributed by atoms with Crippen molar-refractivity contribution >= 4 is 34.0 Å². The Morgan fingerprint density at radius 1 is 1.48 bits per heavy atom. The Morgan fingerprint density at radius 3 is 2.96 bits per heavy atom. The topological polar surface area (TPSA) is 96.7 Å². The summed E-state index contributed by atoms with van der Waals surface area (Å²) >= 11 is 2.63. The summed E-state index contributed by atoms with van der Waals surface area (Å²) in [5.74, 6) is 1.26. The van der Waals surface area contributed by atoms with Gasteiger partial charge in [0.05, 0.1) is 22.6 Å². The largest absolute Gasteiger partial charge is 0.469 e.